The highest BCUT2D eigenvalue weighted by Gasteiger charge is 2.36. The molecule has 0 unspecified atom stereocenters. The molecule has 0 aliphatic heterocycles. The third-order valence-electron chi connectivity index (χ3n) is 3.87. The van der Waals surface area contributed by atoms with Gasteiger partial charge < -0.3 is 5.32 Å². The van der Waals surface area contributed by atoms with Crippen LogP contribution in [0.25, 0.3) is 0 Å². The van der Waals surface area contributed by atoms with Gasteiger partial charge in [-0.3, -0.25) is 0 Å². The van der Waals surface area contributed by atoms with E-state index in [0.29, 0.717) is 12.1 Å². The van der Waals surface area contributed by atoms with Crippen molar-refractivity contribution in [2.45, 2.75) is 63.1 Å². The predicted molar refractivity (Wildman–Crippen MR) is 81.0 cm³/mol. The molecule has 0 amide bonds. The van der Waals surface area contributed by atoms with E-state index in [2.05, 4.69) is 10.0 Å². The number of halogens is 1. The zero-order chi connectivity index (χ0) is 15.7. The molecule has 6 heteroatoms. The monoisotopic (exact) mass is 314 g/mol. The van der Waals surface area contributed by atoms with Gasteiger partial charge >= 0.3 is 0 Å². The molecule has 0 saturated heterocycles. The molecule has 0 radical (unpaired) electrons. The molecule has 1 fully saturated rings. The lowest BCUT2D eigenvalue weighted by atomic mass is 9.80. The van der Waals surface area contributed by atoms with E-state index in [0.717, 1.165) is 19.3 Å². The van der Waals surface area contributed by atoms with E-state index < -0.39 is 15.8 Å². The van der Waals surface area contributed by atoms with Crippen LogP contribution in [0.4, 0.5) is 4.39 Å². The molecule has 1 aliphatic carbocycles. The topological polar surface area (TPSA) is 58.2 Å². The Morgan fingerprint density at radius 1 is 1.33 bits per heavy atom. The van der Waals surface area contributed by atoms with E-state index in [1.807, 2.05) is 20.8 Å². The SMILES string of the molecule is CC(C)NCc1cc(S(=O)(=O)NC2(C)CCC2)ccc1F. The third-order valence-corrected chi connectivity index (χ3v) is 5.50. The fourth-order valence-electron chi connectivity index (χ4n) is 2.36. The first-order valence-electron chi connectivity index (χ1n) is 7.28. The minimum atomic E-state index is -3.60. The first-order valence-corrected chi connectivity index (χ1v) is 8.76. The molecule has 1 aromatic carbocycles. The van der Waals surface area contributed by atoms with Gasteiger partial charge in [0, 0.05) is 23.7 Å². The maximum Gasteiger partial charge on any atom is 0.241 e. The normalized spacial score (nSPS) is 17.8. The molecule has 0 bridgehead atoms. The van der Waals surface area contributed by atoms with Crippen molar-refractivity contribution >= 4 is 10.0 Å². The van der Waals surface area contributed by atoms with E-state index >= 15 is 0 Å². The van der Waals surface area contributed by atoms with Crippen LogP contribution < -0.4 is 10.0 Å². The Morgan fingerprint density at radius 2 is 2.00 bits per heavy atom. The number of nitrogens with one attached hydrogen (secondary N) is 2. The molecule has 21 heavy (non-hydrogen) atoms. The van der Waals surface area contributed by atoms with E-state index in [9.17, 15) is 12.8 Å². The second kappa shape index (κ2) is 6.02. The molecular formula is C15H23FN2O2S. The fraction of sp³-hybridized carbons (Fsp3) is 0.600. The van der Waals surface area contributed by atoms with Gasteiger partial charge in [0.15, 0.2) is 0 Å². The zero-order valence-electron chi connectivity index (χ0n) is 12.7. The lowest BCUT2D eigenvalue weighted by Gasteiger charge is -2.38. The smallest absolute Gasteiger partial charge is 0.241 e. The average Bonchev–Trinajstić information content (AvgIpc) is 2.35. The minimum absolute atomic E-state index is 0.123. The quantitative estimate of drug-likeness (QED) is 0.848. The Bertz CT molecular complexity index is 610. The van der Waals surface area contributed by atoms with Gasteiger partial charge in [-0.1, -0.05) is 13.8 Å². The minimum Gasteiger partial charge on any atom is -0.310 e. The summed E-state index contributed by atoms with van der Waals surface area (Å²) in [7, 11) is -3.60. The van der Waals surface area contributed by atoms with Gasteiger partial charge in [0.25, 0.3) is 0 Å². The molecular weight excluding hydrogens is 291 g/mol. The molecule has 0 spiro atoms. The van der Waals surface area contributed by atoms with Crippen LogP contribution in [0.1, 0.15) is 45.6 Å². The molecule has 118 valence electrons. The van der Waals surface area contributed by atoms with Crippen LogP contribution >= 0.6 is 0 Å². The van der Waals surface area contributed by atoms with E-state index in [4.69, 9.17) is 0 Å². The van der Waals surface area contributed by atoms with Gasteiger partial charge in [-0.2, -0.15) is 0 Å². The maximum absolute atomic E-state index is 13.8. The maximum atomic E-state index is 13.8. The summed E-state index contributed by atoms with van der Waals surface area (Å²) >= 11 is 0. The molecule has 1 saturated carbocycles. The van der Waals surface area contributed by atoms with E-state index in [-0.39, 0.29) is 16.5 Å². The highest BCUT2D eigenvalue weighted by molar-refractivity contribution is 7.89. The number of benzene rings is 1. The largest absolute Gasteiger partial charge is 0.310 e. The van der Waals surface area contributed by atoms with Crippen molar-refractivity contribution in [2.75, 3.05) is 0 Å². The van der Waals surface area contributed by atoms with E-state index in [1.165, 1.54) is 18.2 Å². The lowest BCUT2D eigenvalue weighted by molar-refractivity contribution is 0.248. The van der Waals surface area contributed by atoms with Crippen LogP contribution in [0.2, 0.25) is 0 Å². The molecule has 2 N–H and O–H groups in total. The molecule has 2 rings (SSSR count). The third kappa shape index (κ3) is 4.02. The lowest BCUT2D eigenvalue weighted by Crippen LogP contribution is -2.50. The Labute approximate surface area is 126 Å². The molecule has 0 heterocycles. The van der Waals surface area contributed by atoms with Crippen molar-refractivity contribution < 1.29 is 12.8 Å². The van der Waals surface area contributed by atoms with Gasteiger partial charge in [-0.25, -0.2) is 17.5 Å². The zero-order valence-corrected chi connectivity index (χ0v) is 13.6. The number of hydrogen-bond donors (Lipinski definition) is 2. The molecule has 0 aromatic heterocycles. The summed E-state index contributed by atoms with van der Waals surface area (Å²) in [5.74, 6) is -0.392. The second-order valence-corrected chi connectivity index (χ2v) is 7.99. The second-order valence-electron chi connectivity index (χ2n) is 6.31. The standard InChI is InChI=1S/C15H23FN2O2S/c1-11(2)17-10-12-9-13(5-6-14(12)16)21(19,20)18-15(3)7-4-8-15/h5-6,9,11,17-18H,4,7-8,10H2,1-3H3. The summed E-state index contributed by atoms with van der Waals surface area (Å²) in [4.78, 5) is 0.123. The van der Waals surface area contributed by atoms with Crippen LogP contribution in [0.15, 0.2) is 23.1 Å². The van der Waals surface area contributed by atoms with Gasteiger partial charge in [-0.15, -0.1) is 0 Å². The molecule has 1 aromatic rings. The van der Waals surface area contributed by atoms with Gasteiger partial charge in [0.1, 0.15) is 5.82 Å². The summed E-state index contributed by atoms with van der Waals surface area (Å²) in [6.45, 7) is 6.12. The highest BCUT2D eigenvalue weighted by Crippen LogP contribution is 2.32. The van der Waals surface area contributed by atoms with Gasteiger partial charge in [0.05, 0.1) is 4.90 Å². The van der Waals surface area contributed by atoms with Crippen molar-refractivity contribution in [3.05, 3.63) is 29.6 Å². The first-order chi connectivity index (χ1) is 9.72. The van der Waals surface area contributed by atoms with Gasteiger partial charge in [-0.05, 0) is 44.4 Å². The van der Waals surface area contributed by atoms with Crippen molar-refractivity contribution in [3.8, 4) is 0 Å². The predicted octanol–water partition coefficient (Wildman–Crippen LogP) is 2.54. The Morgan fingerprint density at radius 3 is 2.52 bits per heavy atom. The molecule has 0 atom stereocenters. The van der Waals surface area contributed by atoms with Crippen LogP contribution in [0.3, 0.4) is 0 Å². The Hall–Kier alpha value is -0.980. The van der Waals surface area contributed by atoms with Crippen molar-refractivity contribution in [2.24, 2.45) is 0 Å². The summed E-state index contributed by atoms with van der Waals surface area (Å²) in [5.41, 5.74) is 0.00848. The van der Waals surface area contributed by atoms with Crippen LogP contribution in [-0.4, -0.2) is 20.0 Å². The van der Waals surface area contributed by atoms with Crippen molar-refractivity contribution in [3.63, 3.8) is 0 Å². The fourth-order valence-corrected chi connectivity index (χ4v) is 3.88. The van der Waals surface area contributed by atoms with E-state index in [1.54, 1.807) is 0 Å². The number of sulfonamides is 1. The Kier molecular flexibility index (Phi) is 4.70. The first kappa shape index (κ1) is 16.4. The van der Waals surface area contributed by atoms with Crippen LogP contribution in [-0.2, 0) is 16.6 Å². The highest BCUT2D eigenvalue weighted by atomic mass is 32.2. The summed E-state index contributed by atoms with van der Waals surface area (Å²) in [6, 6.07) is 4.15. The van der Waals surface area contributed by atoms with Crippen LogP contribution in [0.5, 0.6) is 0 Å². The van der Waals surface area contributed by atoms with Crippen molar-refractivity contribution in [1.82, 2.24) is 10.0 Å². The number of hydrogen-bond acceptors (Lipinski definition) is 3. The van der Waals surface area contributed by atoms with Crippen LogP contribution in [0, 0.1) is 5.82 Å². The summed E-state index contributed by atoms with van der Waals surface area (Å²) < 4.78 is 41.3. The molecule has 1 aliphatic rings. The summed E-state index contributed by atoms with van der Waals surface area (Å²) in [6.07, 6.45) is 2.72. The molecule has 4 nitrogen and oxygen atoms in total. The summed E-state index contributed by atoms with van der Waals surface area (Å²) in [5, 5.41) is 3.10. The van der Waals surface area contributed by atoms with Gasteiger partial charge in [0.2, 0.25) is 10.0 Å². The van der Waals surface area contributed by atoms with Crippen molar-refractivity contribution in [1.29, 1.82) is 0 Å². The Balaban J connectivity index is 2.20. The number of rotatable bonds is 6. The average molecular weight is 314 g/mol.